The molecule has 0 saturated carbocycles. The third-order valence-corrected chi connectivity index (χ3v) is 4.10. The molecule has 136 valence electrons. The second-order valence-corrected chi connectivity index (χ2v) is 6.41. The maximum Gasteiger partial charge on any atom is 0.336 e. The number of aliphatic hydroxyl groups is 1. The molecule has 1 aromatic heterocycles. The monoisotopic (exact) mass is 348 g/mol. The van der Waals surface area contributed by atoms with Crippen LogP contribution in [0.1, 0.15) is 27.2 Å². The van der Waals surface area contributed by atoms with Gasteiger partial charge in [-0.15, -0.1) is 0 Å². The van der Waals surface area contributed by atoms with Crippen molar-refractivity contribution >= 4 is 16.9 Å². The third kappa shape index (κ3) is 5.60. The van der Waals surface area contributed by atoms with Gasteiger partial charge >= 0.3 is 11.6 Å². The smallest absolute Gasteiger partial charge is 0.336 e. The summed E-state index contributed by atoms with van der Waals surface area (Å²) in [6.07, 6.45) is -0.471. The molecule has 25 heavy (non-hydrogen) atoms. The molecule has 1 heterocycles. The molecule has 0 aliphatic carbocycles. The van der Waals surface area contributed by atoms with E-state index in [1.54, 1.807) is 31.2 Å². The van der Waals surface area contributed by atoms with Crippen LogP contribution < -0.4 is 10.4 Å². The van der Waals surface area contributed by atoms with Gasteiger partial charge in [0.15, 0.2) is 0 Å². The Morgan fingerprint density at radius 3 is 2.64 bits per heavy atom. The van der Waals surface area contributed by atoms with Crippen molar-refractivity contribution in [1.29, 1.82) is 0 Å². The van der Waals surface area contributed by atoms with E-state index < -0.39 is 11.7 Å². The van der Waals surface area contributed by atoms with Gasteiger partial charge in [0.25, 0.3) is 0 Å². The van der Waals surface area contributed by atoms with Crippen LogP contribution in [0.4, 0.5) is 0 Å². The van der Waals surface area contributed by atoms with Crippen molar-refractivity contribution in [3.05, 3.63) is 40.8 Å². The van der Waals surface area contributed by atoms with Crippen LogP contribution in [0.15, 0.2) is 39.5 Å². The van der Waals surface area contributed by atoms with E-state index in [2.05, 4.69) is 0 Å². The van der Waals surface area contributed by atoms with Gasteiger partial charge in [-0.05, 0) is 24.1 Å². The zero-order chi connectivity index (χ0) is 18.4. The summed E-state index contributed by atoms with van der Waals surface area (Å²) in [5.74, 6) is 0.232. The molecule has 0 saturated heterocycles. The van der Waals surface area contributed by atoms with E-state index in [9.17, 15) is 14.7 Å². The first-order valence-corrected chi connectivity index (χ1v) is 8.38. The van der Waals surface area contributed by atoms with Crippen molar-refractivity contribution in [2.24, 2.45) is 11.8 Å². The average molecular weight is 348 g/mol. The summed E-state index contributed by atoms with van der Waals surface area (Å²) in [6, 6.07) is 8.23. The molecule has 0 amide bonds. The van der Waals surface area contributed by atoms with Crippen LogP contribution in [0, 0.1) is 11.8 Å². The van der Waals surface area contributed by atoms with Gasteiger partial charge in [0.05, 0.1) is 18.6 Å². The molecule has 0 bridgehead atoms. The van der Waals surface area contributed by atoms with Crippen molar-refractivity contribution in [2.45, 2.75) is 33.3 Å². The zero-order valence-corrected chi connectivity index (χ0v) is 14.7. The minimum absolute atomic E-state index is 0.0498. The van der Waals surface area contributed by atoms with Gasteiger partial charge in [0.1, 0.15) is 17.9 Å². The minimum Gasteiger partial charge on any atom is -0.493 e. The normalized spacial score (nSPS) is 13.6. The molecule has 6 heteroatoms. The molecule has 1 N–H and O–H groups in total. The molecule has 0 radical (unpaired) electrons. The number of carbonyl (C=O) groups is 1. The second-order valence-electron chi connectivity index (χ2n) is 6.41. The van der Waals surface area contributed by atoms with Crippen molar-refractivity contribution in [1.82, 2.24) is 0 Å². The molecule has 0 aliphatic heterocycles. The average Bonchev–Trinajstić information content (AvgIpc) is 2.58. The van der Waals surface area contributed by atoms with E-state index in [0.717, 1.165) is 5.39 Å². The van der Waals surface area contributed by atoms with E-state index in [1.807, 2.05) is 13.8 Å². The number of aliphatic hydroxyl groups excluding tert-OH is 1. The summed E-state index contributed by atoms with van der Waals surface area (Å²) in [6.45, 7) is 5.90. The molecular formula is C19H24O6. The molecule has 2 rings (SSSR count). The molecule has 2 unspecified atom stereocenters. The first-order chi connectivity index (χ1) is 11.9. The van der Waals surface area contributed by atoms with E-state index in [-0.39, 0.29) is 31.0 Å². The van der Waals surface area contributed by atoms with Gasteiger partial charge in [0, 0.05) is 23.9 Å². The summed E-state index contributed by atoms with van der Waals surface area (Å²) in [5.41, 5.74) is 0.0275. The maximum atomic E-state index is 11.7. The number of ether oxygens (including phenoxy) is 2. The fraction of sp³-hybridized carbons (Fsp3) is 0.474. The Labute approximate surface area is 146 Å². The lowest BCUT2D eigenvalue weighted by Crippen LogP contribution is -2.25. The molecular weight excluding hydrogens is 324 g/mol. The third-order valence-electron chi connectivity index (χ3n) is 4.10. The topological polar surface area (TPSA) is 86.0 Å². The van der Waals surface area contributed by atoms with Gasteiger partial charge in [-0.2, -0.15) is 0 Å². The van der Waals surface area contributed by atoms with Crippen LogP contribution in [0.3, 0.4) is 0 Å². The molecule has 6 nitrogen and oxygen atoms in total. The van der Waals surface area contributed by atoms with Gasteiger partial charge in [-0.3, -0.25) is 4.79 Å². The van der Waals surface area contributed by atoms with Crippen molar-refractivity contribution < 1.29 is 23.8 Å². The molecule has 0 fully saturated rings. The molecule has 2 aromatic rings. The predicted molar refractivity (Wildman–Crippen MR) is 93.6 cm³/mol. The van der Waals surface area contributed by atoms with Crippen LogP contribution in [-0.4, -0.2) is 30.4 Å². The molecule has 1 aromatic carbocycles. The highest BCUT2D eigenvalue weighted by molar-refractivity contribution is 5.77. The van der Waals surface area contributed by atoms with E-state index in [0.29, 0.717) is 17.8 Å². The van der Waals surface area contributed by atoms with Gasteiger partial charge < -0.3 is 19.0 Å². The summed E-state index contributed by atoms with van der Waals surface area (Å²) in [4.78, 5) is 23.0. The summed E-state index contributed by atoms with van der Waals surface area (Å²) in [7, 11) is 0. The van der Waals surface area contributed by atoms with Gasteiger partial charge in [-0.25, -0.2) is 4.79 Å². The Bertz CT molecular complexity index is 764. The Morgan fingerprint density at radius 1 is 1.20 bits per heavy atom. The van der Waals surface area contributed by atoms with E-state index in [4.69, 9.17) is 13.9 Å². The lowest BCUT2D eigenvalue weighted by Gasteiger charge is -2.17. The lowest BCUT2D eigenvalue weighted by atomic mass is 9.99. The van der Waals surface area contributed by atoms with Crippen LogP contribution in [0.25, 0.3) is 11.0 Å². The Hall–Kier alpha value is -2.34. The molecule has 2 atom stereocenters. The number of carbonyl (C=O) groups excluding carboxylic acids is 1. The highest BCUT2D eigenvalue weighted by atomic mass is 16.5. The fourth-order valence-electron chi connectivity index (χ4n) is 2.11. The standard InChI is InChI=1S/C19H24O6/c1-12(2)13(3)19(22)24-11-15(20)8-9-23-16-6-4-14-5-7-18(21)25-17(14)10-16/h4-7,10,12-13,15,20H,8-9,11H2,1-3H3. The van der Waals surface area contributed by atoms with Crippen LogP contribution in [0.5, 0.6) is 5.75 Å². The lowest BCUT2D eigenvalue weighted by molar-refractivity contribution is -0.152. The first kappa shape index (κ1) is 19.0. The van der Waals surface area contributed by atoms with Crippen molar-refractivity contribution in [2.75, 3.05) is 13.2 Å². The Balaban J connectivity index is 1.78. The highest BCUT2D eigenvalue weighted by Gasteiger charge is 2.19. The Kier molecular flexibility index (Phi) is 6.58. The Morgan fingerprint density at radius 2 is 1.92 bits per heavy atom. The first-order valence-electron chi connectivity index (χ1n) is 8.38. The number of benzene rings is 1. The number of hydrogen-bond acceptors (Lipinski definition) is 6. The molecule has 0 aliphatic rings. The summed E-state index contributed by atoms with van der Waals surface area (Å²) < 4.78 is 15.8. The number of hydrogen-bond donors (Lipinski definition) is 1. The highest BCUT2D eigenvalue weighted by Crippen LogP contribution is 2.19. The largest absolute Gasteiger partial charge is 0.493 e. The van der Waals surface area contributed by atoms with Gasteiger partial charge in [0.2, 0.25) is 0 Å². The van der Waals surface area contributed by atoms with Crippen molar-refractivity contribution in [3.63, 3.8) is 0 Å². The maximum absolute atomic E-state index is 11.7. The zero-order valence-electron chi connectivity index (χ0n) is 14.7. The van der Waals surface area contributed by atoms with Crippen LogP contribution in [0.2, 0.25) is 0 Å². The minimum atomic E-state index is -0.790. The van der Waals surface area contributed by atoms with Crippen LogP contribution >= 0.6 is 0 Å². The van der Waals surface area contributed by atoms with Crippen molar-refractivity contribution in [3.8, 4) is 5.75 Å². The SMILES string of the molecule is CC(C)C(C)C(=O)OCC(O)CCOc1ccc2ccc(=O)oc2c1. The summed E-state index contributed by atoms with van der Waals surface area (Å²) >= 11 is 0. The summed E-state index contributed by atoms with van der Waals surface area (Å²) in [5, 5.41) is 10.7. The van der Waals surface area contributed by atoms with E-state index >= 15 is 0 Å². The van der Waals surface area contributed by atoms with E-state index in [1.165, 1.54) is 6.07 Å². The predicted octanol–water partition coefficient (Wildman–Crippen LogP) is 2.76. The fourth-order valence-corrected chi connectivity index (χ4v) is 2.11. The van der Waals surface area contributed by atoms with Gasteiger partial charge in [-0.1, -0.05) is 20.8 Å². The second kappa shape index (κ2) is 8.67. The number of fused-ring (bicyclic) bond motifs is 1. The number of esters is 1. The molecule has 0 spiro atoms. The number of rotatable bonds is 8. The van der Waals surface area contributed by atoms with Crippen LogP contribution in [-0.2, 0) is 9.53 Å². The quantitative estimate of drug-likeness (QED) is 0.583.